The summed E-state index contributed by atoms with van der Waals surface area (Å²) < 4.78 is 12.6. The number of nitrogens with one attached hydrogen (secondary N) is 2. The standard InChI is InChI=1S/C20H22N6O5S/c27-6-1-5-26-11-14-17(25-26)19(29)22-4-7-30-8-9-31-16-10-13(2-3-21-16)20-24-15(12-32-20)18(28)23-14/h2-3,10-12,27H,1,4-9H2,(H,22,29)(H,23,28). The minimum absolute atomic E-state index is 0.0115. The van der Waals surface area contributed by atoms with Gasteiger partial charge in [0, 0.05) is 49.1 Å². The van der Waals surface area contributed by atoms with E-state index in [-0.39, 0.29) is 36.8 Å². The fourth-order valence-corrected chi connectivity index (χ4v) is 3.77. The highest BCUT2D eigenvalue weighted by atomic mass is 32.1. The van der Waals surface area contributed by atoms with Gasteiger partial charge in [-0.3, -0.25) is 14.3 Å². The zero-order valence-corrected chi connectivity index (χ0v) is 17.9. The summed E-state index contributed by atoms with van der Waals surface area (Å²) in [6, 6.07) is 3.54. The van der Waals surface area contributed by atoms with Gasteiger partial charge >= 0.3 is 0 Å². The zero-order valence-electron chi connectivity index (χ0n) is 17.1. The number of fused-ring (bicyclic) bond motifs is 6. The third kappa shape index (κ3) is 5.28. The maximum absolute atomic E-state index is 12.8. The Balaban J connectivity index is 1.63. The first kappa shape index (κ1) is 21.9. The van der Waals surface area contributed by atoms with Crippen molar-refractivity contribution in [3.63, 3.8) is 0 Å². The summed E-state index contributed by atoms with van der Waals surface area (Å²) in [5, 5.41) is 21.1. The number of aliphatic hydroxyl groups excluding tert-OH is 1. The first-order valence-corrected chi connectivity index (χ1v) is 10.9. The molecule has 32 heavy (non-hydrogen) atoms. The van der Waals surface area contributed by atoms with Crippen molar-refractivity contribution in [2.75, 3.05) is 38.3 Å². The number of anilines is 1. The molecule has 168 valence electrons. The Kier molecular flexibility index (Phi) is 7.04. The molecule has 0 spiro atoms. The summed E-state index contributed by atoms with van der Waals surface area (Å²) in [6.07, 6.45) is 3.65. The highest BCUT2D eigenvalue weighted by Crippen LogP contribution is 2.26. The van der Waals surface area contributed by atoms with E-state index in [1.165, 1.54) is 16.0 Å². The summed E-state index contributed by atoms with van der Waals surface area (Å²) in [6.45, 7) is 1.58. The summed E-state index contributed by atoms with van der Waals surface area (Å²) in [4.78, 5) is 34.0. The monoisotopic (exact) mass is 458 g/mol. The highest BCUT2D eigenvalue weighted by Gasteiger charge is 2.21. The molecule has 0 atom stereocenters. The number of pyridine rings is 1. The van der Waals surface area contributed by atoms with E-state index in [2.05, 4.69) is 25.7 Å². The molecule has 0 unspecified atom stereocenters. The largest absolute Gasteiger partial charge is 0.475 e. The third-order valence-electron chi connectivity index (χ3n) is 4.50. The second-order valence-corrected chi connectivity index (χ2v) is 7.68. The predicted octanol–water partition coefficient (Wildman–Crippen LogP) is 1.18. The summed E-state index contributed by atoms with van der Waals surface area (Å²) in [7, 11) is 0. The summed E-state index contributed by atoms with van der Waals surface area (Å²) >= 11 is 1.31. The normalized spacial score (nSPS) is 15.0. The van der Waals surface area contributed by atoms with E-state index in [0.29, 0.717) is 37.1 Å². The number of rotatable bonds is 3. The molecule has 0 fully saturated rings. The molecular weight excluding hydrogens is 436 g/mol. The number of carbonyl (C=O) groups excluding carboxylic acids is 2. The van der Waals surface area contributed by atoms with E-state index in [1.807, 2.05) is 0 Å². The zero-order chi connectivity index (χ0) is 22.3. The Morgan fingerprint density at radius 1 is 1.22 bits per heavy atom. The van der Waals surface area contributed by atoms with Gasteiger partial charge in [0.2, 0.25) is 5.88 Å². The van der Waals surface area contributed by atoms with Gasteiger partial charge in [0.1, 0.15) is 17.3 Å². The van der Waals surface area contributed by atoms with Crippen LogP contribution in [0.25, 0.3) is 10.6 Å². The second-order valence-electron chi connectivity index (χ2n) is 6.82. The predicted molar refractivity (Wildman–Crippen MR) is 116 cm³/mol. The molecule has 1 aliphatic rings. The number of hydrogen-bond donors (Lipinski definition) is 3. The Morgan fingerprint density at radius 2 is 2.12 bits per heavy atom. The lowest BCUT2D eigenvalue weighted by atomic mass is 10.3. The van der Waals surface area contributed by atoms with Gasteiger partial charge in [0.25, 0.3) is 11.8 Å². The number of aryl methyl sites for hydroxylation is 1. The number of nitrogens with zero attached hydrogens (tertiary/aromatic N) is 4. The van der Waals surface area contributed by atoms with E-state index < -0.39 is 11.8 Å². The van der Waals surface area contributed by atoms with E-state index in [9.17, 15) is 9.59 Å². The molecular formula is C20H22N6O5S. The van der Waals surface area contributed by atoms with Crippen molar-refractivity contribution in [2.45, 2.75) is 13.0 Å². The fraction of sp³-hybridized carbons (Fsp3) is 0.350. The van der Waals surface area contributed by atoms with Crippen LogP contribution < -0.4 is 15.4 Å². The third-order valence-corrected chi connectivity index (χ3v) is 5.39. The number of amides is 2. The lowest BCUT2D eigenvalue weighted by molar-refractivity contribution is 0.0858. The maximum Gasteiger partial charge on any atom is 0.275 e. The van der Waals surface area contributed by atoms with Crippen LogP contribution in [0.2, 0.25) is 0 Å². The smallest absolute Gasteiger partial charge is 0.275 e. The molecule has 1 aliphatic heterocycles. The number of aromatic nitrogens is 4. The lowest BCUT2D eigenvalue weighted by Gasteiger charge is -2.09. The number of aliphatic hydroxyl groups is 1. The fourth-order valence-electron chi connectivity index (χ4n) is 2.97. The van der Waals surface area contributed by atoms with Crippen LogP contribution in [-0.4, -0.2) is 69.6 Å². The molecule has 0 radical (unpaired) electrons. The van der Waals surface area contributed by atoms with Crippen LogP contribution in [0.4, 0.5) is 5.69 Å². The van der Waals surface area contributed by atoms with Crippen molar-refractivity contribution < 1.29 is 24.2 Å². The van der Waals surface area contributed by atoms with Gasteiger partial charge in [-0.1, -0.05) is 0 Å². The van der Waals surface area contributed by atoms with Crippen LogP contribution in [0.3, 0.4) is 0 Å². The van der Waals surface area contributed by atoms with Gasteiger partial charge in [-0.25, -0.2) is 9.97 Å². The second kappa shape index (κ2) is 10.3. The molecule has 3 aromatic heterocycles. The molecule has 3 N–H and O–H groups in total. The van der Waals surface area contributed by atoms with Crippen molar-refractivity contribution in [2.24, 2.45) is 0 Å². The summed E-state index contributed by atoms with van der Waals surface area (Å²) in [5.74, 6) is -0.470. The number of thiazole rings is 1. The molecule has 0 saturated carbocycles. The SMILES string of the molecule is O=C1Nc2cn(CCCO)nc2C(=O)NCCOCCOc2cc(ccn2)-c2nc1cs2. The van der Waals surface area contributed by atoms with E-state index in [4.69, 9.17) is 14.6 Å². The Bertz CT molecular complexity index is 1100. The first-order chi connectivity index (χ1) is 15.6. The molecule has 3 aromatic rings. The van der Waals surface area contributed by atoms with Crippen LogP contribution >= 0.6 is 11.3 Å². The molecule has 0 aromatic carbocycles. The van der Waals surface area contributed by atoms with Crippen LogP contribution in [0.15, 0.2) is 29.9 Å². The van der Waals surface area contributed by atoms with Gasteiger partial charge in [-0.05, 0) is 12.5 Å². The minimum Gasteiger partial charge on any atom is -0.475 e. The minimum atomic E-state index is -0.460. The van der Waals surface area contributed by atoms with Crippen molar-refractivity contribution in [1.82, 2.24) is 25.1 Å². The topological polar surface area (TPSA) is 140 Å². The number of carbonyl (C=O) groups is 2. The average Bonchev–Trinajstić information content (AvgIpc) is 3.44. The Labute approximate surface area is 187 Å². The molecule has 12 heteroatoms. The number of hydrogen-bond acceptors (Lipinski definition) is 9. The van der Waals surface area contributed by atoms with Gasteiger partial charge < -0.3 is 25.2 Å². The van der Waals surface area contributed by atoms with E-state index in [0.717, 1.165) is 5.56 Å². The van der Waals surface area contributed by atoms with Gasteiger partial charge in [0.05, 0.1) is 18.9 Å². The van der Waals surface area contributed by atoms with Crippen LogP contribution in [0, 0.1) is 0 Å². The quantitative estimate of drug-likeness (QED) is 0.531. The van der Waals surface area contributed by atoms with Crippen LogP contribution in [-0.2, 0) is 11.3 Å². The van der Waals surface area contributed by atoms with Gasteiger partial charge in [-0.2, -0.15) is 5.10 Å². The molecule has 0 aliphatic carbocycles. The highest BCUT2D eigenvalue weighted by molar-refractivity contribution is 7.13. The molecule has 2 amide bonds. The molecule has 4 heterocycles. The van der Waals surface area contributed by atoms with Crippen molar-refractivity contribution in [1.29, 1.82) is 0 Å². The molecule has 4 rings (SSSR count). The average molecular weight is 459 g/mol. The van der Waals surface area contributed by atoms with Crippen LogP contribution in [0.5, 0.6) is 5.88 Å². The molecule has 11 nitrogen and oxygen atoms in total. The molecule has 4 bridgehead atoms. The van der Waals surface area contributed by atoms with Gasteiger partial charge in [-0.15, -0.1) is 11.3 Å². The van der Waals surface area contributed by atoms with E-state index in [1.54, 1.807) is 29.9 Å². The van der Waals surface area contributed by atoms with Crippen LogP contribution in [0.1, 0.15) is 27.4 Å². The first-order valence-electron chi connectivity index (χ1n) is 10.0. The van der Waals surface area contributed by atoms with Crippen molar-refractivity contribution in [3.8, 4) is 16.5 Å². The van der Waals surface area contributed by atoms with Gasteiger partial charge in [0.15, 0.2) is 5.69 Å². The molecule has 0 saturated heterocycles. The summed E-state index contributed by atoms with van der Waals surface area (Å²) in [5.41, 5.74) is 1.34. The Hall–Kier alpha value is -3.35. The lowest BCUT2D eigenvalue weighted by Crippen LogP contribution is -2.29. The number of ether oxygens (including phenoxy) is 2. The Morgan fingerprint density at radius 3 is 3.00 bits per heavy atom. The van der Waals surface area contributed by atoms with Crippen molar-refractivity contribution >= 4 is 28.8 Å². The maximum atomic E-state index is 12.8. The van der Waals surface area contributed by atoms with E-state index >= 15 is 0 Å². The van der Waals surface area contributed by atoms with Crippen molar-refractivity contribution in [3.05, 3.63) is 41.3 Å².